The second-order valence-corrected chi connectivity index (χ2v) is 6.24. The molecule has 0 spiro atoms. The minimum atomic E-state index is -0.268. The molecule has 1 amide bonds. The number of carbonyl (C=O) groups excluding carboxylic acids is 1. The Morgan fingerprint density at radius 1 is 1.31 bits per heavy atom. The van der Waals surface area contributed by atoms with Gasteiger partial charge in [0, 0.05) is 30.5 Å². The van der Waals surface area contributed by atoms with Crippen LogP contribution < -0.4 is 10.1 Å². The van der Waals surface area contributed by atoms with Crippen molar-refractivity contribution in [3.63, 3.8) is 0 Å². The average Bonchev–Trinajstić information content (AvgIpc) is 2.68. The third-order valence-corrected chi connectivity index (χ3v) is 4.24. The largest absolute Gasteiger partial charge is 0.495 e. The molecule has 0 fully saturated rings. The van der Waals surface area contributed by atoms with E-state index in [2.05, 4.69) is 10.3 Å². The Balaban J connectivity index is 0.000000941. The molecule has 1 aromatic carbocycles. The summed E-state index contributed by atoms with van der Waals surface area (Å²) >= 11 is 6.25. The third-order valence-electron chi connectivity index (χ3n) is 3.93. The Morgan fingerprint density at radius 3 is 2.66 bits per heavy atom. The summed E-state index contributed by atoms with van der Waals surface area (Å²) in [4.78, 5) is 29.0. The monoisotopic (exact) mass is 417 g/mol. The third kappa shape index (κ3) is 5.40. The Kier molecular flexibility index (Phi) is 7.88. The van der Waals surface area contributed by atoms with Crippen LogP contribution in [0, 0.1) is 6.92 Å². The number of carboxylic acid groups (broad SMARTS) is 1. The first-order chi connectivity index (χ1) is 13.9. The van der Waals surface area contributed by atoms with Crippen molar-refractivity contribution in [2.24, 2.45) is 0 Å². The summed E-state index contributed by atoms with van der Waals surface area (Å²) in [6.45, 7) is 1.70. The number of nitrogens with zero attached hydrogens (tertiary/aromatic N) is 2. The molecule has 3 rings (SSSR count). The number of rotatable bonds is 5. The minimum absolute atomic E-state index is 0.0414. The lowest BCUT2D eigenvalue weighted by Gasteiger charge is -2.14. The van der Waals surface area contributed by atoms with Gasteiger partial charge in [-0.3, -0.25) is 14.6 Å². The van der Waals surface area contributed by atoms with Crippen LogP contribution in [-0.4, -0.2) is 48.3 Å². The van der Waals surface area contributed by atoms with E-state index < -0.39 is 0 Å². The van der Waals surface area contributed by atoms with E-state index in [1.54, 1.807) is 25.6 Å². The zero-order valence-electron chi connectivity index (χ0n) is 16.1. The normalized spacial score (nSPS) is 10.1. The Hall–Kier alpha value is -3.23. The summed E-state index contributed by atoms with van der Waals surface area (Å²) in [5.74, 6) is 0.289. The van der Waals surface area contributed by atoms with Gasteiger partial charge in [0.2, 0.25) is 5.91 Å². The molecule has 2 N–H and O–H groups in total. The van der Waals surface area contributed by atoms with Crippen LogP contribution in [-0.2, 0) is 14.3 Å². The number of hydrogen-bond donors (Lipinski definition) is 2. The van der Waals surface area contributed by atoms with Crippen LogP contribution in [0.5, 0.6) is 5.75 Å². The molecule has 9 heteroatoms. The van der Waals surface area contributed by atoms with Gasteiger partial charge >= 0.3 is 0 Å². The highest BCUT2D eigenvalue weighted by atomic mass is 35.5. The molecule has 0 radical (unpaired) electrons. The van der Waals surface area contributed by atoms with Gasteiger partial charge in [-0.25, -0.2) is 4.98 Å². The van der Waals surface area contributed by atoms with E-state index in [-0.39, 0.29) is 19.0 Å². The van der Waals surface area contributed by atoms with Crippen molar-refractivity contribution >= 4 is 40.6 Å². The van der Waals surface area contributed by atoms with Crippen LogP contribution in [0.2, 0.25) is 5.02 Å². The first-order valence-corrected chi connectivity index (χ1v) is 8.78. The topological polar surface area (TPSA) is 111 Å². The highest BCUT2D eigenvalue weighted by Crippen LogP contribution is 2.34. The number of aromatic nitrogens is 2. The highest BCUT2D eigenvalue weighted by Gasteiger charge is 2.13. The number of nitrogens with one attached hydrogen (secondary N) is 1. The van der Waals surface area contributed by atoms with Crippen LogP contribution >= 0.6 is 11.6 Å². The molecule has 0 aliphatic heterocycles. The van der Waals surface area contributed by atoms with Crippen molar-refractivity contribution < 1.29 is 24.2 Å². The zero-order chi connectivity index (χ0) is 21.4. The summed E-state index contributed by atoms with van der Waals surface area (Å²) in [5.41, 5.74) is 3.81. The molecule has 0 saturated heterocycles. The van der Waals surface area contributed by atoms with E-state index in [1.807, 2.05) is 25.1 Å². The maximum absolute atomic E-state index is 11.9. The lowest BCUT2D eigenvalue weighted by atomic mass is 10.0. The van der Waals surface area contributed by atoms with Crippen LogP contribution in [0.4, 0.5) is 5.69 Å². The maximum atomic E-state index is 11.9. The fourth-order valence-electron chi connectivity index (χ4n) is 2.73. The average molecular weight is 418 g/mol. The van der Waals surface area contributed by atoms with E-state index in [4.69, 9.17) is 36.0 Å². The van der Waals surface area contributed by atoms with Gasteiger partial charge in [0.25, 0.3) is 6.47 Å². The van der Waals surface area contributed by atoms with Gasteiger partial charge < -0.3 is 19.9 Å². The molecular formula is C20H20ClN3O5. The molecule has 2 heterocycles. The van der Waals surface area contributed by atoms with Crippen molar-refractivity contribution in [3.8, 4) is 17.0 Å². The Morgan fingerprint density at radius 2 is 2.03 bits per heavy atom. The van der Waals surface area contributed by atoms with Crippen molar-refractivity contribution in [1.29, 1.82) is 0 Å². The molecule has 0 bridgehead atoms. The number of carbonyl (C=O) groups is 2. The molecule has 0 aliphatic carbocycles. The van der Waals surface area contributed by atoms with Gasteiger partial charge in [0.15, 0.2) is 0 Å². The first kappa shape index (κ1) is 22.1. The molecule has 0 saturated carbocycles. The Bertz CT molecular complexity index is 1030. The van der Waals surface area contributed by atoms with Crippen molar-refractivity contribution in [1.82, 2.24) is 9.97 Å². The molecule has 29 heavy (non-hydrogen) atoms. The second-order valence-electron chi connectivity index (χ2n) is 5.84. The van der Waals surface area contributed by atoms with Crippen molar-refractivity contribution in [2.75, 3.05) is 26.1 Å². The molecule has 0 atom stereocenters. The summed E-state index contributed by atoms with van der Waals surface area (Å²) in [5, 5.41) is 11.1. The van der Waals surface area contributed by atoms with Gasteiger partial charge in [-0.2, -0.15) is 0 Å². The number of methoxy groups -OCH3 is 2. The van der Waals surface area contributed by atoms with Crippen LogP contribution in [0.1, 0.15) is 5.56 Å². The lowest BCUT2D eigenvalue weighted by Crippen LogP contribution is -2.17. The quantitative estimate of drug-likeness (QED) is 0.610. The number of hydrogen-bond acceptors (Lipinski definition) is 6. The van der Waals surface area contributed by atoms with Crippen molar-refractivity contribution in [2.45, 2.75) is 6.92 Å². The smallest absolute Gasteiger partial charge is 0.290 e. The predicted molar refractivity (Wildman–Crippen MR) is 110 cm³/mol. The molecule has 152 valence electrons. The molecular weight excluding hydrogens is 398 g/mol. The Labute approximate surface area is 172 Å². The number of aryl methyl sites for hydroxylation is 1. The van der Waals surface area contributed by atoms with Gasteiger partial charge in [-0.1, -0.05) is 11.6 Å². The lowest BCUT2D eigenvalue weighted by molar-refractivity contribution is -0.123. The van der Waals surface area contributed by atoms with E-state index in [9.17, 15) is 4.79 Å². The molecule has 8 nitrogen and oxygen atoms in total. The van der Waals surface area contributed by atoms with Crippen molar-refractivity contribution in [3.05, 3.63) is 47.2 Å². The number of amides is 1. The zero-order valence-corrected chi connectivity index (χ0v) is 16.9. The fraction of sp³-hybridized carbons (Fsp3) is 0.200. The molecule has 0 unspecified atom stereocenters. The standard InChI is InChI=1S/C19H18ClN3O3.CH2O2/c1-11-6-15(12-4-5-21-9-14(12)20)22-16-8-17(23-19(24)10-25-2)18(26-3)7-13(11)16;2-1-3/h4-9H,10H2,1-3H3,(H,23,24);1H,(H,2,3). The van der Waals surface area contributed by atoms with E-state index in [1.165, 1.54) is 7.11 Å². The number of fused-ring (bicyclic) bond motifs is 1. The SMILES string of the molecule is COCC(=O)Nc1cc2nc(-c3ccncc3Cl)cc(C)c2cc1OC.O=CO. The van der Waals surface area contributed by atoms with Crippen LogP contribution in [0.25, 0.3) is 22.2 Å². The maximum Gasteiger partial charge on any atom is 0.290 e. The van der Waals surface area contributed by atoms with E-state index in [0.717, 1.165) is 27.7 Å². The summed E-state index contributed by atoms with van der Waals surface area (Å²) in [6.07, 6.45) is 3.26. The molecule has 2 aromatic heterocycles. The first-order valence-electron chi connectivity index (χ1n) is 8.41. The minimum Gasteiger partial charge on any atom is -0.495 e. The summed E-state index contributed by atoms with van der Waals surface area (Å²) in [7, 11) is 3.02. The van der Waals surface area contributed by atoms with Crippen LogP contribution in [0.3, 0.4) is 0 Å². The fourth-order valence-corrected chi connectivity index (χ4v) is 2.94. The van der Waals surface area contributed by atoms with Gasteiger partial charge in [-0.05, 0) is 36.8 Å². The molecule has 3 aromatic rings. The number of pyridine rings is 2. The predicted octanol–water partition coefficient (Wildman–Crippen LogP) is 3.55. The number of benzene rings is 1. The number of halogens is 1. The van der Waals surface area contributed by atoms with Gasteiger partial charge in [0.05, 0.1) is 29.0 Å². The number of anilines is 1. The van der Waals surface area contributed by atoms with E-state index in [0.29, 0.717) is 16.5 Å². The summed E-state index contributed by atoms with van der Waals surface area (Å²) in [6, 6.07) is 7.43. The van der Waals surface area contributed by atoms with Gasteiger partial charge in [0.1, 0.15) is 12.4 Å². The van der Waals surface area contributed by atoms with Gasteiger partial charge in [-0.15, -0.1) is 0 Å². The second kappa shape index (κ2) is 10.4. The molecule has 0 aliphatic rings. The summed E-state index contributed by atoms with van der Waals surface area (Å²) < 4.78 is 10.3. The number of ether oxygens (including phenoxy) is 2. The van der Waals surface area contributed by atoms with Crippen LogP contribution in [0.15, 0.2) is 36.7 Å². The highest BCUT2D eigenvalue weighted by molar-refractivity contribution is 6.33. The van der Waals surface area contributed by atoms with E-state index >= 15 is 0 Å².